The van der Waals surface area contributed by atoms with E-state index in [9.17, 15) is 14.7 Å². The van der Waals surface area contributed by atoms with E-state index in [2.05, 4.69) is 24.0 Å². The fraction of sp³-hybridized carbons (Fsp3) is 0.314. The summed E-state index contributed by atoms with van der Waals surface area (Å²) in [5, 5.41) is 21.2. The van der Waals surface area contributed by atoms with Crippen LogP contribution in [0.2, 0.25) is 5.02 Å². The van der Waals surface area contributed by atoms with E-state index in [1.807, 2.05) is 31.2 Å². The number of benzene rings is 3. The molecule has 3 heterocycles. The summed E-state index contributed by atoms with van der Waals surface area (Å²) in [5.41, 5.74) is 1.77. The zero-order chi connectivity index (χ0) is 33.8. The number of anilines is 1. The minimum absolute atomic E-state index is 0.0989. The van der Waals surface area contributed by atoms with Crippen LogP contribution < -0.4 is 23.8 Å². The first-order chi connectivity index (χ1) is 23.2. The molecule has 1 saturated heterocycles. The van der Waals surface area contributed by atoms with Gasteiger partial charge in [-0.25, -0.2) is 0 Å². The highest BCUT2D eigenvalue weighted by atomic mass is 35.5. The molecular weight excluding hydrogens is 674 g/mol. The molecular formula is C35H34ClN3O7S2. The van der Waals surface area contributed by atoms with Gasteiger partial charge in [-0.2, -0.15) is 0 Å². The molecule has 1 N–H and O–H groups in total. The van der Waals surface area contributed by atoms with Gasteiger partial charge in [0.2, 0.25) is 5.13 Å². The SMILES string of the molecule is CCOc1cc(C2/C(=C(/O)c3ccc4c(c3)OCCO4)C(=O)C(=O)N2c2nnc(SCc3ccc(Cl)cc3)s2)ccc1OCCC(C)C. The summed E-state index contributed by atoms with van der Waals surface area (Å²) in [5.74, 6) is 0.991. The van der Waals surface area contributed by atoms with Gasteiger partial charge in [0.1, 0.15) is 19.0 Å². The summed E-state index contributed by atoms with van der Waals surface area (Å²) in [7, 11) is 0. The van der Waals surface area contributed by atoms with Gasteiger partial charge in [-0.15, -0.1) is 10.2 Å². The van der Waals surface area contributed by atoms with Crippen molar-refractivity contribution >= 4 is 57.3 Å². The minimum Gasteiger partial charge on any atom is -0.507 e. The molecule has 0 spiro atoms. The van der Waals surface area contributed by atoms with Crippen LogP contribution in [0.15, 0.2) is 70.6 Å². The van der Waals surface area contributed by atoms with Gasteiger partial charge in [0.25, 0.3) is 5.78 Å². The molecule has 2 aliphatic rings. The Bertz CT molecular complexity index is 1840. The molecule has 13 heteroatoms. The Morgan fingerprint density at radius 1 is 1.02 bits per heavy atom. The largest absolute Gasteiger partial charge is 0.507 e. The highest BCUT2D eigenvalue weighted by Crippen LogP contribution is 2.46. The first-order valence-corrected chi connectivity index (χ1v) is 17.7. The third-order valence-electron chi connectivity index (χ3n) is 7.67. The Labute approximate surface area is 291 Å². The molecule has 0 radical (unpaired) electrons. The number of fused-ring (bicyclic) bond motifs is 1. The van der Waals surface area contributed by atoms with E-state index in [1.54, 1.807) is 36.4 Å². The van der Waals surface area contributed by atoms with E-state index >= 15 is 0 Å². The summed E-state index contributed by atoms with van der Waals surface area (Å²) in [6, 6.07) is 16.6. The number of amides is 1. The van der Waals surface area contributed by atoms with Crippen molar-refractivity contribution in [1.82, 2.24) is 10.2 Å². The van der Waals surface area contributed by atoms with Crippen LogP contribution in [0.1, 0.15) is 49.9 Å². The van der Waals surface area contributed by atoms with Crippen molar-refractivity contribution in [3.63, 3.8) is 0 Å². The second-order valence-corrected chi connectivity index (χ2v) is 14.1. The number of nitrogens with zero attached hydrogens (tertiary/aromatic N) is 3. The smallest absolute Gasteiger partial charge is 0.301 e. The van der Waals surface area contributed by atoms with Crippen LogP contribution in [0.3, 0.4) is 0 Å². The summed E-state index contributed by atoms with van der Waals surface area (Å²) in [4.78, 5) is 28.9. The Morgan fingerprint density at radius 3 is 2.54 bits per heavy atom. The maximum Gasteiger partial charge on any atom is 0.301 e. The molecule has 1 unspecified atom stereocenters. The molecule has 0 aliphatic carbocycles. The van der Waals surface area contributed by atoms with Crippen molar-refractivity contribution in [2.24, 2.45) is 5.92 Å². The summed E-state index contributed by atoms with van der Waals surface area (Å²) < 4.78 is 24.0. The predicted molar refractivity (Wildman–Crippen MR) is 186 cm³/mol. The molecule has 250 valence electrons. The monoisotopic (exact) mass is 707 g/mol. The van der Waals surface area contributed by atoms with Crippen LogP contribution in [0, 0.1) is 5.92 Å². The second-order valence-electron chi connectivity index (χ2n) is 11.5. The fourth-order valence-corrected chi connectivity index (χ4v) is 7.21. The molecule has 6 rings (SSSR count). The average molecular weight is 708 g/mol. The molecule has 1 fully saturated rings. The van der Waals surface area contributed by atoms with Crippen LogP contribution in [0.25, 0.3) is 5.76 Å². The average Bonchev–Trinajstić information content (AvgIpc) is 3.66. The number of ketones is 1. The standard InChI is InChI=1S/C35H34ClN3O7S2/c1-4-43-27-17-22(7-11-25(27)44-14-13-20(2)3)30-29(31(40)23-8-12-26-28(18-23)46-16-15-45-26)32(41)33(42)39(30)34-37-38-35(48-34)47-19-21-5-9-24(36)10-6-21/h5-12,17-18,20,30,40H,4,13-16,19H2,1-3H3/b31-29-. The van der Waals surface area contributed by atoms with Crippen molar-refractivity contribution in [1.29, 1.82) is 0 Å². The van der Waals surface area contributed by atoms with Gasteiger partial charge in [0, 0.05) is 16.3 Å². The lowest BCUT2D eigenvalue weighted by Gasteiger charge is -2.24. The number of carbonyl (C=O) groups is 2. The van der Waals surface area contributed by atoms with Gasteiger partial charge in [0.15, 0.2) is 27.3 Å². The molecule has 1 atom stereocenters. The van der Waals surface area contributed by atoms with Gasteiger partial charge in [-0.3, -0.25) is 14.5 Å². The zero-order valence-corrected chi connectivity index (χ0v) is 29.0. The lowest BCUT2D eigenvalue weighted by atomic mass is 9.95. The summed E-state index contributed by atoms with van der Waals surface area (Å²) in [6.07, 6.45) is 0.860. The zero-order valence-electron chi connectivity index (χ0n) is 26.6. The Hall–Kier alpha value is -4.26. The van der Waals surface area contributed by atoms with E-state index in [4.69, 9.17) is 30.5 Å². The van der Waals surface area contributed by atoms with E-state index in [1.165, 1.54) is 28.0 Å². The number of Topliss-reactive ketones (excluding diaryl/α,β-unsaturated/α-hetero) is 1. The number of aromatic nitrogens is 2. The fourth-order valence-electron chi connectivity index (χ4n) is 5.26. The number of rotatable bonds is 12. The summed E-state index contributed by atoms with van der Waals surface area (Å²) >= 11 is 8.67. The van der Waals surface area contributed by atoms with Crippen molar-refractivity contribution in [3.8, 4) is 23.0 Å². The van der Waals surface area contributed by atoms with Crippen LogP contribution in [-0.4, -0.2) is 53.4 Å². The van der Waals surface area contributed by atoms with Crippen LogP contribution in [-0.2, 0) is 15.3 Å². The van der Waals surface area contributed by atoms with E-state index < -0.39 is 17.7 Å². The predicted octanol–water partition coefficient (Wildman–Crippen LogP) is 7.70. The van der Waals surface area contributed by atoms with E-state index in [0.717, 1.165) is 12.0 Å². The highest BCUT2D eigenvalue weighted by molar-refractivity contribution is 8.00. The Kier molecular flexibility index (Phi) is 10.4. The number of halogens is 1. The van der Waals surface area contributed by atoms with E-state index in [0.29, 0.717) is 81.6 Å². The maximum absolute atomic E-state index is 13.8. The Morgan fingerprint density at radius 2 is 1.79 bits per heavy atom. The number of aliphatic hydroxyl groups is 1. The first kappa shape index (κ1) is 33.6. The van der Waals surface area contributed by atoms with Gasteiger partial charge < -0.3 is 24.1 Å². The second kappa shape index (κ2) is 14.9. The van der Waals surface area contributed by atoms with Crippen LogP contribution in [0.4, 0.5) is 5.13 Å². The topological polar surface area (TPSA) is 120 Å². The summed E-state index contributed by atoms with van der Waals surface area (Å²) in [6.45, 7) is 7.73. The highest BCUT2D eigenvalue weighted by Gasteiger charge is 2.48. The third kappa shape index (κ3) is 7.25. The molecule has 0 bridgehead atoms. The number of aliphatic hydroxyl groups excluding tert-OH is 1. The Balaban J connectivity index is 1.40. The number of hydrogen-bond acceptors (Lipinski definition) is 11. The number of thioether (sulfide) groups is 1. The van der Waals surface area contributed by atoms with Gasteiger partial charge in [-0.1, -0.05) is 66.7 Å². The van der Waals surface area contributed by atoms with E-state index in [-0.39, 0.29) is 16.5 Å². The van der Waals surface area contributed by atoms with Crippen molar-refractivity contribution < 1.29 is 33.6 Å². The first-order valence-electron chi connectivity index (χ1n) is 15.5. The lowest BCUT2D eigenvalue weighted by molar-refractivity contribution is -0.132. The number of hydrogen-bond donors (Lipinski definition) is 1. The van der Waals surface area contributed by atoms with Crippen molar-refractivity contribution in [3.05, 3.63) is 87.9 Å². The van der Waals surface area contributed by atoms with Gasteiger partial charge in [-0.05, 0) is 72.9 Å². The number of carbonyl (C=O) groups excluding carboxylic acids is 2. The molecule has 1 aromatic heterocycles. The molecule has 48 heavy (non-hydrogen) atoms. The quantitative estimate of drug-likeness (QED) is 0.0516. The minimum atomic E-state index is -1.04. The molecule has 2 aliphatic heterocycles. The number of ether oxygens (including phenoxy) is 4. The molecule has 3 aromatic carbocycles. The molecule has 0 saturated carbocycles. The van der Waals surface area contributed by atoms with Crippen LogP contribution in [0.5, 0.6) is 23.0 Å². The van der Waals surface area contributed by atoms with Crippen molar-refractivity contribution in [2.45, 2.75) is 43.3 Å². The molecule has 1 amide bonds. The van der Waals surface area contributed by atoms with Gasteiger partial charge in [0.05, 0.1) is 24.8 Å². The normalized spacial score (nSPS) is 16.9. The van der Waals surface area contributed by atoms with Gasteiger partial charge >= 0.3 is 5.91 Å². The molecule has 4 aromatic rings. The lowest BCUT2D eigenvalue weighted by Crippen LogP contribution is -2.29. The third-order valence-corrected chi connectivity index (χ3v) is 10.1. The van der Waals surface area contributed by atoms with Crippen LogP contribution >= 0.6 is 34.7 Å². The van der Waals surface area contributed by atoms with Crippen molar-refractivity contribution in [2.75, 3.05) is 31.3 Å². The molecule has 10 nitrogen and oxygen atoms in total. The maximum atomic E-state index is 13.8.